The highest BCUT2D eigenvalue weighted by molar-refractivity contribution is 5.93. The molecular weight excluding hydrogens is 346 g/mol. The molecule has 0 aliphatic rings. The Morgan fingerprint density at radius 1 is 1.23 bits per heavy atom. The second-order valence-corrected chi connectivity index (χ2v) is 5.62. The van der Waals surface area contributed by atoms with E-state index in [4.69, 9.17) is 4.74 Å². The number of pyridine rings is 1. The molecule has 0 saturated heterocycles. The van der Waals surface area contributed by atoms with Crippen molar-refractivity contribution < 1.29 is 23.0 Å². The van der Waals surface area contributed by atoms with Gasteiger partial charge in [0.2, 0.25) is 0 Å². The Kier molecular flexibility index (Phi) is 6.32. The van der Waals surface area contributed by atoms with Crippen LogP contribution in [0.5, 0.6) is 11.5 Å². The summed E-state index contributed by atoms with van der Waals surface area (Å²) in [7, 11) is 3.18. The van der Waals surface area contributed by atoms with Gasteiger partial charge >= 0.3 is 6.61 Å². The van der Waals surface area contributed by atoms with E-state index in [2.05, 4.69) is 4.74 Å². The van der Waals surface area contributed by atoms with E-state index in [0.29, 0.717) is 5.56 Å². The molecule has 0 fully saturated rings. The number of hydrogen-bond donors (Lipinski definition) is 0. The molecule has 2 aromatic rings. The van der Waals surface area contributed by atoms with E-state index in [1.807, 2.05) is 0 Å². The Morgan fingerprint density at radius 3 is 2.58 bits per heavy atom. The molecule has 0 aliphatic heterocycles. The Balaban J connectivity index is 2.18. The molecule has 26 heavy (non-hydrogen) atoms. The summed E-state index contributed by atoms with van der Waals surface area (Å²) < 4.78 is 36.0. The lowest BCUT2D eigenvalue weighted by Crippen LogP contribution is -2.28. The van der Waals surface area contributed by atoms with Crippen molar-refractivity contribution >= 4 is 5.91 Å². The van der Waals surface area contributed by atoms with Crippen molar-refractivity contribution in [3.63, 3.8) is 0 Å². The summed E-state index contributed by atoms with van der Waals surface area (Å²) in [5, 5.41) is 0. The highest BCUT2D eigenvalue weighted by Gasteiger charge is 2.16. The highest BCUT2D eigenvalue weighted by Crippen LogP contribution is 2.30. The zero-order valence-corrected chi connectivity index (χ0v) is 14.7. The van der Waals surface area contributed by atoms with Crippen molar-refractivity contribution in [3.05, 3.63) is 58.0 Å². The standard InChI is InChI=1S/C18H20F2N2O4/c1-4-25-15-9-12(5-6-14(15)26-18(19)20)11-22(3)17(24)13-7-8-21(2)16(23)10-13/h5-10,18H,4,11H2,1-3H3. The van der Waals surface area contributed by atoms with E-state index >= 15 is 0 Å². The van der Waals surface area contributed by atoms with Crippen LogP contribution >= 0.6 is 0 Å². The van der Waals surface area contributed by atoms with Crippen LogP contribution in [0.15, 0.2) is 41.3 Å². The van der Waals surface area contributed by atoms with Crippen molar-refractivity contribution in [2.24, 2.45) is 7.05 Å². The molecule has 0 saturated carbocycles. The summed E-state index contributed by atoms with van der Waals surface area (Å²) in [6, 6.07) is 7.33. The summed E-state index contributed by atoms with van der Waals surface area (Å²) in [4.78, 5) is 25.6. The number of ether oxygens (including phenoxy) is 2. The van der Waals surface area contributed by atoms with E-state index in [9.17, 15) is 18.4 Å². The molecule has 0 atom stereocenters. The molecular formula is C18H20F2N2O4. The number of rotatable bonds is 7. The molecule has 6 nitrogen and oxygen atoms in total. The average molecular weight is 366 g/mol. The Morgan fingerprint density at radius 2 is 1.96 bits per heavy atom. The van der Waals surface area contributed by atoms with Crippen molar-refractivity contribution in [2.45, 2.75) is 20.1 Å². The summed E-state index contributed by atoms with van der Waals surface area (Å²) in [5.41, 5.74) is 0.671. The molecule has 1 amide bonds. The van der Waals surface area contributed by atoms with Crippen LogP contribution in [-0.4, -0.2) is 35.6 Å². The van der Waals surface area contributed by atoms with Crippen LogP contribution in [0, 0.1) is 0 Å². The second kappa shape index (κ2) is 8.46. The molecule has 1 aromatic carbocycles. The molecule has 0 radical (unpaired) electrons. The number of halogens is 2. The van der Waals surface area contributed by atoms with E-state index in [0.717, 1.165) is 0 Å². The number of amides is 1. The van der Waals surface area contributed by atoms with Crippen LogP contribution in [0.3, 0.4) is 0 Å². The maximum atomic E-state index is 12.5. The fraction of sp³-hybridized carbons (Fsp3) is 0.333. The van der Waals surface area contributed by atoms with Gasteiger partial charge in [-0.1, -0.05) is 6.07 Å². The smallest absolute Gasteiger partial charge is 0.387 e. The first kappa shape index (κ1) is 19.4. The van der Waals surface area contributed by atoms with Gasteiger partial charge in [-0.3, -0.25) is 9.59 Å². The van der Waals surface area contributed by atoms with Crippen molar-refractivity contribution in [1.29, 1.82) is 0 Å². The lowest BCUT2D eigenvalue weighted by atomic mass is 10.1. The van der Waals surface area contributed by atoms with Crippen LogP contribution < -0.4 is 15.0 Å². The highest BCUT2D eigenvalue weighted by atomic mass is 19.3. The number of alkyl halides is 2. The number of carbonyl (C=O) groups excluding carboxylic acids is 1. The lowest BCUT2D eigenvalue weighted by molar-refractivity contribution is -0.0514. The van der Waals surface area contributed by atoms with E-state index in [1.54, 1.807) is 39.2 Å². The molecule has 0 aliphatic carbocycles. The largest absolute Gasteiger partial charge is 0.490 e. The zero-order chi connectivity index (χ0) is 19.3. The van der Waals surface area contributed by atoms with E-state index < -0.39 is 6.61 Å². The van der Waals surface area contributed by atoms with Gasteiger partial charge in [-0.25, -0.2) is 0 Å². The van der Waals surface area contributed by atoms with Gasteiger partial charge in [0, 0.05) is 38.5 Å². The average Bonchev–Trinajstić information content (AvgIpc) is 2.58. The minimum atomic E-state index is -2.95. The van der Waals surface area contributed by atoms with Gasteiger partial charge in [0.25, 0.3) is 11.5 Å². The molecule has 0 unspecified atom stereocenters. The predicted molar refractivity (Wildman–Crippen MR) is 91.7 cm³/mol. The SMILES string of the molecule is CCOc1cc(CN(C)C(=O)c2ccn(C)c(=O)c2)ccc1OC(F)F. The molecule has 8 heteroatoms. The Hall–Kier alpha value is -2.90. The third kappa shape index (κ3) is 4.81. The molecule has 0 bridgehead atoms. The fourth-order valence-electron chi connectivity index (χ4n) is 2.36. The lowest BCUT2D eigenvalue weighted by Gasteiger charge is -2.19. The fourth-order valence-corrected chi connectivity index (χ4v) is 2.36. The van der Waals surface area contributed by atoms with Crippen LogP contribution in [-0.2, 0) is 13.6 Å². The molecule has 0 N–H and O–H groups in total. The van der Waals surface area contributed by atoms with Crippen LogP contribution in [0.2, 0.25) is 0 Å². The first-order valence-corrected chi connectivity index (χ1v) is 7.94. The minimum absolute atomic E-state index is 0.0638. The Labute approximate surface area is 149 Å². The minimum Gasteiger partial charge on any atom is -0.490 e. The third-order valence-electron chi connectivity index (χ3n) is 3.64. The summed E-state index contributed by atoms with van der Waals surface area (Å²) in [6.45, 7) is -0.733. The normalized spacial score (nSPS) is 10.7. The van der Waals surface area contributed by atoms with E-state index in [1.165, 1.54) is 27.8 Å². The van der Waals surface area contributed by atoms with Gasteiger partial charge in [0.15, 0.2) is 11.5 Å². The van der Waals surface area contributed by atoms with Gasteiger partial charge in [-0.05, 0) is 30.7 Å². The number of nitrogens with zero attached hydrogens (tertiary/aromatic N) is 2. The van der Waals surface area contributed by atoms with Crippen molar-refractivity contribution in [1.82, 2.24) is 9.47 Å². The number of benzene rings is 1. The van der Waals surface area contributed by atoms with Gasteiger partial charge in [-0.2, -0.15) is 8.78 Å². The summed E-state index contributed by atoms with van der Waals surface area (Å²) in [5.74, 6) is -0.209. The molecule has 140 valence electrons. The number of hydrogen-bond acceptors (Lipinski definition) is 4. The number of carbonyl (C=O) groups is 1. The van der Waals surface area contributed by atoms with Crippen molar-refractivity contribution in [3.8, 4) is 11.5 Å². The monoisotopic (exact) mass is 366 g/mol. The molecule has 2 rings (SSSR count). The number of aryl methyl sites for hydroxylation is 1. The Bertz CT molecular complexity index is 836. The first-order valence-electron chi connectivity index (χ1n) is 7.94. The van der Waals surface area contributed by atoms with Crippen molar-refractivity contribution in [2.75, 3.05) is 13.7 Å². The van der Waals surface area contributed by atoms with Crippen LogP contribution in [0.1, 0.15) is 22.8 Å². The maximum Gasteiger partial charge on any atom is 0.387 e. The summed E-state index contributed by atoms with van der Waals surface area (Å²) in [6.07, 6.45) is 1.52. The quantitative estimate of drug-likeness (QED) is 0.756. The summed E-state index contributed by atoms with van der Waals surface area (Å²) >= 11 is 0. The predicted octanol–water partition coefficient (Wildman–Crippen LogP) is 2.66. The van der Waals surface area contributed by atoms with Gasteiger partial charge in [0.05, 0.1) is 6.61 Å². The molecule has 1 heterocycles. The number of aromatic nitrogens is 1. The van der Waals surface area contributed by atoms with E-state index in [-0.39, 0.29) is 41.7 Å². The zero-order valence-electron chi connectivity index (χ0n) is 14.7. The van der Waals surface area contributed by atoms with Crippen LogP contribution in [0.25, 0.3) is 0 Å². The second-order valence-electron chi connectivity index (χ2n) is 5.62. The first-order chi connectivity index (χ1) is 12.3. The third-order valence-corrected chi connectivity index (χ3v) is 3.64. The molecule has 1 aromatic heterocycles. The van der Waals surface area contributed by atoms with Gasteiger partial charge < -0.3 is 18.9 Å². The molecule has 0 spiro atoms. The van der Waals surface area contributed by atoms with Crippen LogP contribution in [0.4, 0.5) is 8.78 Å². The maximum absolute atomic E-state index is 12.5. The van der Waals surface area contributed by atoms with Gasteiger partial charge in [-0.15, -0.1) is 0 Å². The van der Waals surface area contributed by atoms with Gasteiger partial charge in [0.1, 0.15) is 0 Å². The topological polar surface area (TPSA) is 60.8 Å².